The standard InChI is InChI=1S/C21H27FN2O2/c22-20-8-6-19(7-9-20)21(18-4-2-1-3-5-18)24-12-10-23(11-13-24)14-16-26-17-15-25/h1-9,21,25H,10-17H2. The fourth-order valence-electron chi connectivity index (χ4n) is 3.50. The van der Waals surface area contributed by atoms with Crippen LogP contribution in [0.1, 0.15) is 17.2 Å². The number of aliphatic hydroxyl groups excluding tert-OH is 1. The molecule has 1 atom stereocenters. The van der Waals surface area contributed by atoms with Gasteiger partial charge in [0.2, 0.25) is 0 Å². The van der Waals surface area contributed by atoms with Crippen LogP contribution >= 0.6 is 0 Å². The first-order valence-electron chi connectivity index (χ1n) is 9.23. The SMILES string of the molecule is OCCOCCN1CCN(C(c2ccccc2)c2ccc(F)cc2)CC1. The fraction of sp³-hybridized carbons (Fsp3) is 0.429. The second-order valence-electron chi connectivity index (χ2n) is 6.58. The molecule has 3 rings (SSSR count). The van der Waals surface area contributed by atoms with Crippen molar-refractivity contribution in [3.8, 4) is 0 Å². The van der Waals surface area contributed by atoms with Gasteiger partial charge in [0, 0.05) is 32.7 Å². The van der Waals surface area contributed by atoms with Gasteiger partial charge in [-0.1, -0.05) is 42.5 Å². The zero-order valence-corrected chi connectivity index (χ0v) is 15.1. The van der Waals surface area contributed by atoms with Crippen molar-refractivity contribution in [1.29, 1.82) is 0 Å². The molecule has 26 heavy (non-hydrogen) atoms. The highest BCUT2D eigenvalue weighted by Crippen LogP contribution is 2.29. The molecule has 1 saturated heterocycles. The molecule has 0 bridgehead atoms. The minimum Gasteiger partial charge on any atom is -0.394 e. The van der Waals surface area contributed by atoms with Gasteiger partial charge in [0.15, 0.2) is 0 Å². The van der Waals surface area contributed by atoms with Crippen LogP contribution in [0.25, 0.3) is 0 Å². The van der Waals surface area contributed by atoms with Crippen LogP contribution < -0.4 is 0 Å². The second kappa shape index (κ2) is 9.78. The Morgan fingerprint density at radius 1 is 0.885 bits per heavy atom. The molecule has 5 heteroatoms. The van der Waals surface area contributed by atoms with Gasteiger partial charge in [0.25, 0.3) is 0 Å². The van der Waals surface area contributed by atoms with Gasteiger partial charge in [-0.3, -0.25) is 9.80 Å². The number of rotatable bonds is 8. The Morgan fingerprint density at radius 3 is 2.19 bits per heavy atom. The van der Waals surface area contributed by atoms with E-state index in [-0.39, 0.29) is 18.5 Å². The van der Waals surface area contributed by atoms with Crippen LogP contribution in [0.3, 0.4) is 0 Å². The molecule has 4 nitrogen and oxygen atoms in total. The van der Waals surface area contributed by atoms with E-state index in [9.17, 15) is 4.39 Å². The summed E-state index contributed by atoms with van der Waals surface area (Å²) in [5.74, 6) is -0.201. The van der Waals surface area contributed by atoms with E-state index in [1.807, 2.05) is 18.2 Å². The molecular formula is C21H27FN2O2. The summed E-state index contributed by atoms with van der Waals surface area (Å²) in [4.78, 5) is 4.86. The molecule has 0 aliphatic carbocycles. The molecule has 1 fully saturated rings. The molecule has 0 spiro atoms. The third kappa shape index (κ3) is 5.11. The minimum atomic E-state index is -0.201. The van der Waals surface area contributed by atoms with Gasteiger partial charge in [-0.15, -0.1) is 0 Å². The van der Waals surface area contributed by atoms with Crippen molar-refractivity contribution in [3.05, 3.63) is 71.5 Å². The lowest BCUT2D eigenvalue weighted by atomic mass is 9.96. The summed E-state index contributed by atoms with van der Waals surface area (Å²) in [7, 11) is 0. The van der Waals surface area contributed by atoms with Gasteiger partial charge in [0.1, 0.15) is 5.82 Å². The first-order valence-corrected chi connectivity index (χ1v) is 9.23. The van der Waals surface area contributed by atoms with Crippen LogP contribution in [0.4, 0.5) is 4.39 Å². The molecule has 0 aromatic heterocycles. The average molecular weight is 358 g/mol. The van der Waals surface area contributed by atoms with Gasteiger partial charge < -0.3 is 9.84 Å². The maximum atomic E-state index is 13.4. The van der Waals surface area contributed by atoms with Crippen molar-refractivity contribution >= 4 is 0 Å². The number of nitrogens with zero attached hydrogens (tertiary/aromatic N) is 2. The summed E-state index contributed by atoms with van der Waals surface area (Å²) in [6.07, 6.45) is 0. The van der Waals surface area contributed by atoms with Gasteiger partial charge in [0.05, 0.1) is 25.9 Å². The predicted octanol–water partition coefficient (Wildman–Crippen LogP) is 2.54. The third-order valence-electron chi connectivity index (χ3n) is 4.86. The van der Waals surface area contributed by atoms with E-state index in [4.69, 9.17) is 9.84 Å². The van der Waals surface area contributed by atoms with Crippen LogP contribution in [0, 0.1) is 5.82 Å². The lowest BCUT2D eigenvalue weighted by Gasteiger charge is -2.39. The Balaban J connectivity index is 1.66. The minimum absolute atomic E-state index is 0.0736. The summed E-state index contributed by atoms with van der Waals surface area (Å²) in [6, 6.07) is 17.4. The van der Waals surface area contributed by atoms with Crippen LogP contribution in [0.5, 0.6) is 0 Å². The summed E-state index contributed by atoms with van der Waals surface area (Å²) in [6.45, 7) is 5.89. The van der Waals surface area contributed by atoms with Crippen molar-refractivity contribution in [1.82, 2.24) is 9.80 Å². The molecule has 0 amide bonds. The first-order chi connectivity index (χ1) is 12.8. The molecule has 2 aromatic carbocycles. The van der Waals surface area contributed by atoms with Crippen molar-refractivity contribution in [2.24, 2.45) is 0 Å². The molecule has 1 aliphatic heterocycles. The second-order valence-corrected chi connectivity index (χ2v) is 6.58. The van der Waals surface area contributed by atoms with E-state index >= 15 is 0 Å². The van der Waals surface area contributed by atoms with E-state index in [0.717, 1.165) is 38.3 Å². The van der Waals surface area contributed by atoms with E-state index in [0.29, 0.717) is 13.2 Å². The van der Waals surface area contributed by atoms with Gasteiger partial charge in [-0.05, 0) is 23.3 Å². The van der Waals surface area contributed by atoms with Crippen LogP contribution in [-0.4, -0.2) is 67.5 Å². The number of aliphatic hydroxyl groups is 1. The Morgan fingerprint density at radius 2 is 1.54 bits per heavy atom. The Bertz CT molecular complexity index is 643. The lowest BCUT2D eigenvalue weighted by molar-refractivity contribution is 0.0522. The smallest absolute Gasteiger partial charge is 0.123 e. The number of benzene rings is 2. The summed E-state index contributed by atoms with van der Waals surface area (Å²) in [5, 5.41) is 8.76. The van der Waals surface area contributed by atoms with Gasteiger partial charge in [-0.25, -0.2) is 4.39 Å². The number of piperazine rings is 1. The Kier molecular flexibility index (Phi) is 7.14. The van der Waals surface area contributed by atoms with Crippen LogP contribution in [-0.2, 0) is 4.74 Å². The highest BCUT2D eigenvalue weighted by Gasteiger charge is 2.26. The van der Waals surface area contributed by atoms with Crippen LogP contribution in [0.2, 0.25) is 0 Å². The summed E-state index contributed by atoms with van der Waals surface area (Å²) < 4.78 is 18.7. The fourth-order valence-corrected chi connectivity index (χ4v) is 3.50. The largest absolute Gasteiger partial charge is 0.394 e. The van der Waals surface area contributed by atoms with Crippen molar-refractivity contribution in [2.75, 3.05) is 52.5 Å². The molecule has 1 N–H and O–H groups in total. The van der Waals surface area contributed by atoms with Crippen molar-refractivity contribution in [3.63, 3.8) is 0 Å². The first kappa shape index (κ1) is 19.0. The number of halogens is 1. The number of hydrogen-bond donors (Lipinski definition) is 1. The topological polar surface area (TPSA) is 35.9 Å². The summed E-state index contributed by atoms with van der Waals surface area (Å²) >= 11 is 0. The quantitative estimate of drug-likeness (QED) is 0.736. The average Bonchev–Trinajstić information content (AvgIpc) is 2.69. The predicted molar refractivity (Wildman–Crippen MR) is 101 cm³/mol. The van der Waals surface area contributed by atoms with Crippen molar-refractivity contribution < 1.29 is 14.2 Å². The molecule has 1 heterocycles. The maximum absolute atomic E-state index is 13.4. The Hall–Kier alpha value is -1.79. The van der Waals surface area contributed by atoms with E-state index in [2.05, 4.69) is 34.1 Å². The van der Waals surface area contributed by atoms with Crippen LogP contribution in [0.15, 0.2) is 54.6 Å². The third-order valence-corrected chi connectivity index (χ3v) is 4.86. The molecule has 0 radical (unpaired) electrons. The Labute approximate surface area is 154 Å². The normalized spacial score (nSPS) is 17.3. The van der Waals surface area contributed by atoms with Gasteiger partial charge in [-0.2, -0.15) is 0 Å². The zero-order chi connectivity index (χ0) is 18.2. The lowest BCUT2D eigenvalue weighted by Crippen LogP contribution is -2.48. The molecule has 140 valence electrons. The maximum Gasteiger partial charge on any atom is 0.123 e. The molecular weight excluding hydrogens is 331 g/mol. The monoisotopic (exact) mass is 358 g/mol. The van der Waals surface area contributed by atoms with E-state index in [1.165, 1.54) is 5.56 Å². The van der Waals surface area contributed by atoms with E-state index in [1.54, 1.807) is 12.1 Å². The highest BCUT2D eigenvalue weighted by molar-refractivity contribution is 5.32. The van der Waals surface area contributed by atoms with Crippen molar-refractivity contribution in [2.45, 2.75) is 6.04 Å². The highest BCUT2D eigenvalue weighted by atomic mass is 19.1. The zero-order valence-electron chi connectivity index (χ0n) is 15.1. The van der Waals surface area contributed by atoms with E-state index < -0.39 is 0 Å². The molecule has 1 aliphatic rings. The molecule has 1 unspecified atom stereocenters. The molecule has 0 saturated carbocycles. The molecule has 2 aromatic rings. The van der Waals surface area contributed by atoms with Gasteiger partial charge >= 0.3 is 0 Å². The number of hydrogen-bond acceptors (Lipinski definition) is 4. The summed E-state index contributed by atoms with van der Waals surface area (Å²) in [5.41, 5.74) is 2.36. The number of ether oxygens (including phenoxy) is 1.